The van der Waals surface area contributed by atoms with Gasteiger partial charge in [0, 0.05) is 11.8 Å². The molecule has 2 aromatic carbocycles. The SMILES string of the molecule is Cc1cc2onc(-n3cc4n(c3=O)C[C@@H](NS(C)(=O)=O)C4(F)F)c2c(-c2c(F)cccc2F)c1F. The molecule has 8 nitrogen and oxygen atoms in total. The van der Waals surface area contributed by atoms with Crippen molar-refractivity contribution in [2.45, 2.75) is 25.4 Å². The van der Waals surface area contributed by atoms with E-state index in [-0.39, 0.29) is 16.5 Å². The minimum atomic E-state index is -4.01. The number of nitrogens with zero attached hydrogens (tertiary/aromatic N) is 3. The van der Waals surface area contributed by atoms with Crippen LogP contribution in [0.4, 0.5) is 22.0 Å². The highest BCUT2D eigenvalue weighted by Crippen LogP contribution is 2.41. The normalized spacial score (nSPS) is 17.3. The van der Waals surface area contributed by atoms with Crippen LogP contribution in [0.15, 0.2) is 39.8 Å². The summed E-state index contributed by atoms with van der Waals surface area (Å²) in [6.45, 7) is 0.632. The number of imidazole rings is 1. The van der Waals surface area contributed by atoms with Crippen molar-refractivity contribution in [1.82, 2.24) is 19.0 Å². The Balaban J connectivity index is 1.76. The van der Waals surface area contributed by atoms with Crippen molar-refractivity contribution in [3.05, 3.63) is 69.7 Å². The number of aryl methyl sites for hydroxylation is 1. The first-order valence-electron chi connectivity index (χ1n) is 10.0. The maximum Gasteiger partial charge on any atom is 0.334 e. The van der Waals surface area contributed by atoms with Gasteiger partial charge in [-0.1, -0.05) is 11.2 Å². The average molecular weight is 514 g/mol. The predicted octanol–water partition coefficient (Wildman–Crippen LogP) is 3.20. The molecule has 1 N–H and O–H groups in total. The molecule has 1 aliphatic heterocycles. The van der Waals surface area contributed by atoms with Gasteiger partial charge in [0.2, 0.25) is 10.0 Å². The van der Waals surface area contributed by atoms with Gasteiger partial charge in [0.05, 0.1) is 23.8 Å². The lowest BCUT2D eigenvalue weighted by Gasteiger charge is -2.18. The number of alkyl halides is 2. The minimum absolute atomic E-state index is 0.0363. The number of fused-ring (bicyclic) bond motifs is 2. The Hall–Kier alpha value is -3.52. The lowest BCUT2D eigenvalue weighted by molar-refractivity contribution is -0.0248. The Labute approximate surface area is 193 Å². The fraction of sp³-hybridized carbons (Fsp3) is 0.238. The van der Waals surface area contributed by atoms with Crippen molar-refractivity contribution in [2.75, 3.05) is 6.26 Å². The molecule has 5 rings (SSSR count). The van der Waals surface area contributed by atoms with E-state index >= 15 is 4.39 Å². The molecule has 184 valence electrons. The van der Waals surface area contributed by atoms with Crippen LogP contribution in [-0.2, 0) is 22.5 Å². The number of nitrogens with one attached hydrogen (secondary N) is 1. The molecular weight excluding hydrogens is 499 g/mol. The molecule has 0 fully saturated rings. The van der Waals surface area contributed by atoms with E-state index in [9.17, 15) is 30.8 Å². The standard InChI is InChI=1S/C21H15F5N4O4S/c1-9-6-12-16(17(18(9)24)15-10(22)4-3-5-11(15)23)19(27-34-12)30-8-14-21(25,26)13(28-35(2,32)33)7-29(14)20(30)31/h3-6,8,13,28H,7H2,1-2H3/t13-/m1/s1. The number of hydrogen-bond acceptors (Lipinski definition) is 5. The first-order chi connectivity index (χ1) is 16.3. The zero-order chi connectivity index (χ0) is 25.4. The van der Waals surface area contributed by atoms with Gasteiger partial charge in [-0.25, -0.2) is 35.7 Å². The summed E-state index contributed by atoms with van der Waals surface area (Å²) >= 11 is 0. The maximum atomic E-state index is 15.3. The van der Waals surface area contributed by atoms with Crippen LogP contribution in [-0.4, -0.2) is 35.0 Å². The molecule has 0 radical (unpaired) electrons. The Bertz CT molecular complexity index is 1670. The first-order valence-corrected chi connectivity index (χ1v) is 11.9. The van der Waals surface area contributed by atoms with E-state index in [2.05, 4.69) is 5.16 Å². The molecular formula is C21H15F5N4O4S. The summed E-state index contributed by atoms with van der Waals surface area (Å²) < 4.78 is 106. The van der Waals surface area contributed by atoms with Crippen molar-refractivity contribution < 1.29 is 34.9 Å². The van der Waals surface area contributed by atoms with E-state index in [0.29, 0.717) is 21.6 Å². The molecule has 0 saturated carbocycles. The first kappa shape index (κ1) is 23.2. The summed E-state index contributed by atoms with van der Waals surface area (Å²) in [5.41, 5.74) is -3.40. The van der Waals surface area contributed by atoms with Crippen LogP contribution in [0, 0.1) is 24.4 Å². The van der Waals surface area contributed by atoms with Crippen LogP contribution in [0.2, 0.25) is 0 Å². The number of aromatic nitrogens is 3. The maximum absolute atomic E-state index is 15.3. The highest BCUT2D eigenvalue weighted by Gasteiger charge is 2.52. The van der Waals surface area contributed by atoms with E-state index in [1.807, 2.05) is 0 Å². The summed E-state index contributed by atoms with van der Waals surface area (Å²) in [5, 5.41) is 3.39. The number of benzene rings is 2. The summed E-state index contributed by atoms with van der Waals surface area (Å²) in [6.07, 6.45) is 1.42. The molecule has 35 heavy (non-hydrogen) atoms. The van der Waals surface area contributed by atoms with Crippen LogP contribution in [0.1, 0.15) is 11.3 Å². The smallest absolute Gasteiger partial charge is 0.334 e. The van der Waals surface area contributed by atoms with Gasteiger partial charge in [0.1, 0.15) is 29.2 Å². The van der Waals surface area contributed by atoms with Crippen LogP contribution in [0.5, 0.6) is 0 Å². The fourth-order valence-corrected chi connectivity index (χ4v) is 4.99. The Morgan fingerprint density at radius 1 is 1.17 bits per heavy atom. The van der Waals surface area contributed by atoms with Gasteiger partial charge < -0.3 is 4.52 Å². The molecule has 4 aromatic rings. The Morgan fingerprint density at radius 2 is 1.83 bits per heavy atom. The quantitative estimate of drug-likeness (QED) is 0.422. The fourth-order valence-electron chi connectivity index (χ4n) is 4.25. The molecule has 2 aromatic heterocycles. The molecule has 1 atom stereocenters. The molecule has 0 bridgehead atoms. The second-order valence-corrected chi connectivity index (χ2v) is 9.98. The number of hydrogen-bond donors (Lipinski definition) is 1. The summed E-state index contributed by atoms with van der Waals surface area (Å²) in [5.74, 6) is -7.47. The average Bonchev–Trinajstić information content (AvgIpc) is 3.37. The predicted molar refractivity (Wildman–Crippen MR) is 113 cm³/mol. The van der Waals surface area contributed by atoms with E-state index in [1.165, 1.54) is 13.0 Å². The third-order valence-corrected chi connectivity index (χ3v) is 6.50. The molecule has 0 spiro atoms. The highest BCUT2D eigenvalue weighted by atomic mass is 32.2. The third kappa shape index (κ3) is 3.46. The highest BCUT2D eigenvalue weighted by molar-refractivity contribution is 7.88. The third-order valence-electron chi connectivity index (χ3n) is 5.78. The van der Waals surface area contributed by atoms with Gasteiger partial charge in [-0.3, -0.25) is 4.57 Å². The van der Waals surface area contributed by atoms with Gasteiger partial charge in [0.25, 0.3) is 0 Å². The molecule has 1 aliphatic rings. The number of rotatable bonds is 4. The van der Waals surface area contributed by atoms with Crippen molar-refractivity contribution in [2.24, 2.45) is 0 Å². The zero-order valence-electron chi connectivity index (χ0n) is 17.9. The van der Waals surface area contributed by atoms with Gasteiger partial charge in [-0.05, 0) is 30.7 Å². The lowest BCUT2D eigenvalue weighted by Crippen LogP contribution is -2.44. The molecule has 0 unspecified atom stereocenters. The van der Waals surface area contributed by atoms with Crippen molar-refractivity contribution in [3.63, 3.8) is 0 Å². The van der Waals surface area contributed by atoms with E-state index < -0.39 is 74.3 Å². The number of halogens is 5. The Kier molecular flexibility index (Phi) is 4.97. The monoisotopic (exact) mass is 514 g/mol. The minimum Gasteiger partial charge on any atom is -0.354 e. The molecule has 0 saturated heterocycles. The van der Waals surface area contributed by atoms with E-state index in [4.69, 9.17) is 4.52 Å². The molecule has 14 heteroatoms. The molecule has 0 aliphatic carbocycles. The molecule has 3 heterocycles. The van der Waals surface area contributed by atoms with Crippen molar-refractivity contribution in [3.8, 4) is 16.9 Å². The van der Waals surface area contributed by atoms with Crippen LogP contribution < -0.4 is 10.4 Å². The second-order valence-electron chi connectivity index (χ2n) is 8.20. The van der Waals surface area contributed by atoms with Gasteiger partial charge in [-0.15, -0.1) is 0 Å². The lowest BCUT2D eigenvalue weighted by atomic mass is 9.97. The van der Waals surface area contributed by atoms with E-state index in [0.717, 1.165) is 18.2 Å². The van der Waals surface area contributed by atoms with E-state index in [1.54, 1.807) is 4.72 Å². The van der Waals surface area contributed by atoms with Crippen molar-refractivity contribution in [1.29, 1.82) is 0 Å². The topological polar surface area (TPSA) is 99.1 Å². The summed E-state index contributed by atoms with van der Waals surface area (Å²) in [4.78, 5) is 13.0. The van der Waals surface area contributed by atoms with Gasteiger partial charge in [0.15, 0.2) is 11.4 Å². The Morgan fingerprint density at radius 3 is 2.43 bits per heavy atom. The largest absolute Gasteiger partial charge is 0.354 e. The van der Waals surface area contributed by atoms with Crippen molar-refractivity contribution >= 4 is 21.0 Å². The second kappa shape index (κ2) is 7.49. The zero-order valence-corrected chi connectivity index (χ0v) is 18.8. The van der Waals surface area contributed by atoms with Crippen LogP contribution in [0.3, 0.4) is 0 Å². The summed E-state index contributed by atoms with van der Waals surface area (Å²) in [7, 11) is -4.01. The molecule has 0 amide bonds. The van der Waals surface area contributed by atoms with Gasteiger partial charge in [-0.2, -0.15) is 8.78 Å². The van der Waals surface area contributed by atoms with Crippen LogP contribution in [0.25, 0.3) is 27.9 Å². The van der Waals surface area contributed by atoms with Crippen LogP contribution >= 0.6 is 0 Å². The summed E-state index contributed by atoms with van der Waals surface area (Å²) in [6, 6.07) is 2.19. The number of sulfonamides is 1. The van der Waals surface area contributed by atoms with Gasteiger partial charge >= 0.3 is 11.6 Å².